The van der Waals surface area contributed by atoms with Crippen molar-refractivity contribution in [1.82, 2.24) is 0 Å². The molecule has 2 aromatic carbocycles. The Balaban J connectivity index is 1.98. The van der Waals surface area contributed by atoms with Crippen LogP contribution in [-0.4, -0.2) is 20.1 Å². The van der Waals surface area contributed by atoms with Crippen molar-refractivity contribution in [2.24, 2.45) is 5.16 Å². The van der Waals surface area contributed by atoms with E-state index < -0.39 is 16.1 Å². The van der Waals surface area contributed by atoms with E-state index in [1.165, 1.54) is 24.3 Å². The molecule has 1 heterocycles. The monoisotopic (exact) mass is 343 g/mol. The second kappa shape index (κ2) is 6.29. The maximum atomic E-state index is 12.4. The average molecular weight is 343 g/mol. The van der Waals surface area contributed by atoms with E-state index in [0.29, 0.717) is 11.3 Å². The Bertz CT molecular complexity index is 946. The van der Waals surface area contributed by atoms with Gasteiger partial charge in [-0.1, -0.05) is 41.6 Å². The van der Waals surface area contributed by atoms with Crippen LogP contribution in [0.25, 0.3) is 6.08 Å². The van der Waals surface area contributed by atoms with Crippen LogP contribution < -0.4 is 4.18 Å². The van der Waals surface area contributed by atoms with Gasteiger partial charge in [0.15, 0.2) is 0 Å². The van der Waals surface area contributed by atoms with E-state index >= 15 is 0 Å². The predicted octanol–water partition coefficient (Wildman–Crippen LogP) is 2.77. The lowest BCUT2D eigenvalue weighted by Gasteiger charge is -2.09. The van der Waals surface area contributed by atoms with Gasteiger partial charge in [0.1, 0.15) is 10.6 Å². The van der Waals surface area contributed by atoms with Gasteiger partial charge in [-0.05, 0) is 31.2 Å². The molecular weight excluding hydrogens is 330 g/mol. The summed E-state index contributed by atoms with van der Waals surface area (Å²) in [6.45, 7) is 1.63. The van der Waals surface area contributed by atoms with Crippen molar-refractivity contribution >= 4 is 27.9 Å². The molecule has 0 amide bonds. The molecular formula is C17H13NO5S. The molecule has 0 saturated heterocycles. The van der Waals surface area contributed by atoms with Crippen LogP contribution in [0.5, 0.6) is 5.75 Å². The van der Waals surface area contributed by atoms with Gasteiger partial charge in [-0.25, -0.2) is 4.79 Å². The van der Waals surface area contributed by atoms with Gasteiger partial charge in [-0.3, -0.25) is 0 Å². The molecule has 3 rings (SSSR count). The number of hydrogen-bond donors (Lipinski definition) is 0. The van der Waals surface area contributed by atoms with E-state index in [9.17, 15) is 13.2 Å². The quantitative estimate of drug-likeness (QED) is 0.484. The van der Waals surface area contributed by atoms with Gasteiger partial charge in [-0.15, -0.1) is 0 Å². The molecule has 0 fully saturated rings. The van der Waals surface area contributed by atoms with Crippen LogP contribution in [0.1, 0.15) is 12.5 Å². The SMILES string of the molecule is CC1=NOC(=O)/C1=C\c1ccccc1OS(=O)(=O)c1ccccc1. The number of hydrogen-bond acceptors (Lipinski definition) is 6. The standard InChI is InChI=1S/C17H13NO5S/c1-12-15(17(19)22-18-12)11-13-7-5-6-10-16(13)23-24(20,21)14-8-3-2-4-9-14/h2-11H,1H3/b15-11-. The number of carbonyl (C=O) groups excluding carboxylic acids is 1. The molecule has 1 aliphatic rings. The van der Waals surface area contributed by atoms with E-state index in [-0.39, 0.29) is 16.2 Å². The zero-order valence-electron chi connectivity index (χ0n) is 12.7. The van der Waals surface area contributed by atoms with Gasteiger partial charge in [-0.2, -0.15) is 8.42 Å². The van der Waals surface area contributed by atoms with E-state index in [4.69, 9.17) is 4.18 Å². The maximum Gasteiger partial charge on any atom is 0.367 e. The molecule has 0 atom stereocenters. The number of benzene rings is 2. The summed E-state index contributed by atoms with van der Waals surface area (Å²) < 4.78 is 30.0. The highest BCUT2D eigenvalue weighted by molar-refractivity contribution is 7.87. The first-order valence-electron chi connectivity index (χ1n) is 7.04. The van der Waals surface area contributed by atoms with Crippen molar-refractivity contribution in [3.63, 3.8) is 0 Å². The van der Waals surface area contributed by atoms with Crippen molar-refractivity contribution in [3.05, 3.63) is 65.7 Å². The Hall–Kier alpha value is -2.93. The number of oxime groups is 1. The zero-order chi connectivity index (χ0) is 17.2. The minimum atomic E-state index is -3.97. The summed E-state index contributed by atoms with van der Waals surface area (Å²) in [6.07, 6.45) is 1.49. The fourth-order valence-electron chi connectivity index (χ4n) is 2.10. The van der Waals surface area contributed by atoms with Crippen molar-refractivity contribution < 1.29 is 22.2 Å². The van der Waals surface area contributed by atoms with E-state index in [1.54, 1.807) is 43.3 Å². The van der Waals surface area contributed by atoms with Gasteiger partial charge < -0.3 is 9.02 Å². The lowest BCUT2D eigenvalue weighted by Crippen LogP contribution is -2.10. The van der Waals surface area contributed by atoms with Gasteiger partial charge >= 0.3 is 16.1 Å². The summed E-state index contributed by atoms with van der Waals surface area (Å²) in [5.41, 5.74) is 1.10. The lowest BCUT2D eigenvalue weighted by molar-refractivity contribution is -0.136. The van der Waals surface area contributed by atoms with Gasteiger partial charge in [0.2, 0.25) is 0 Å². The molecule has 0 bridgehead atoms. The number of rotatable bonds is 4. The van der Waals surface area contributed by atoms with Crippen LogP contribution in [-0.2, 0) is 19.8 Å². The first-order chi connectivity index (χ1) is 11.5. The normalized spacial score (nSPS) is 16.0. The molecule has 24 heavy (non-hydrogen) atoms. The molecule has 1 aliphatic heterocycles. The highest BCUT2D eigenvalue weighted by atomic mass is 32.2. The maximum absolute atomic E-state index is 12.4. The minimum absolute atomic E-state index is 0.0467. The molecule has 0 spiro atoms. The minimum Gasteiger partial charge on any atom is -0.378 e. The molecule has 2 aromatic rings. The van der Waals surface area contributed by atoms with Gasteiger partial charge in [0.25, 0.3) is 0 Å². The third-order valence-corrected chi connectivity index (χ3v) is 4.57. The molecule has 0 aromatic heterocycles. The second-order valence-corrected chi connectivity index (χ2v) is 6.55. The molecule has 0 radical (unpaired) electrons. The average Bonchev–Trinajstić information content (AvgIpc) is 2.89. The predicted molar refractivity (Wildman–Crippen MR) is 87.9 cm³/mol. The number of nitrogens with zero attached hydrogens (tertiary/aromatic N) is 1. The van der Waals surface area contributed by atoms with Crippen LogP contribution in [0.2, 0.25) is 0 Å². The zero-order valence-corrected chi connectivity index (χ0v) is 13.5. The molecule has 0 saturated carbocycles. The van der Waals surface area contributed by atoms with Crippen LogP contribution in [0.4, 0.5) is 0 Å². The van der Waals surface area contributed by atoms with Crippen LogP contribution in [0.15, 0.2) is 70.2 Å². The van der Waals surface area contributed by atoms with E-state index in [0.717, 1.165) is 0 Å². The fraction of sp³-hybridized carbons (Fsp3) is 0.0588. The summed E-state index contributed by atoms with van der Waals surface area (Å²) in [7, 11) is -3.97. The summed E-state index contributed by atoms with van der Waals surface area (Å²) in [6, 6.07) is 14.3. The lowest BCUT2D eigenvalue weighted by atomic mass is 10.1. The largest absolute Gasteiger partial charge is 0.378 e. The van der Waals surface area contributed by atoms with Gasteiger partial charge in [0, 0.05) is 5.56 Å². The van der Waals surface area contributed by atoms with Crippen molar-refractivity contribution in [3.8, 4) is 5.75 Å². The third kappa shape index (κ3) is 3.21. The summed E-state index contributed by atoms with van der Waals surface area (Å²) >= 11 is 0. The molecule has 6 nitrogen and oxygen atoms in total. The van der Waals surface area contributed by atoms with Crippen LogP contribution >= 0.6 is 0 Å². The second-order valence-electron chi connectivity index (χ2n) is 5.00. The smallest absolute Gasteiger partial charge is 0.367 e. The molecule has 0 unspecified atom stereocenters. The number of para-hydroxylation sites is 1. The summed E-state index contributed by atoms with van der Waals surface area (Å²) in [5, 5.41) is 3.59. The Kier molecular flexibility index (Phi) is 4.18. The van der Waals surface area contributed by atoms with Crippen molar-refractivity contribution in [2.75, 3.05) is 0 Å². The molecule has 0 aliphatic carbocycles. The fourth-order valence-corrected chi connectivity index (χ4v) is 3.08. The van der Waals surface area contributed by atoms with Crippen molar-refractivity contribution in [1.29, 1.82) is 0 Å². The van der Waals surface area contributed by atoms with Crippen molar-refractivity contribution in [2.45, 2.75) is 11.8 Å². The first kappa shape index (κ1) is 15.9. The van der Waals surface area contributed by atoms with Gasteiger partial charge in [0.05, 0.1) is 11.3 Å². The summed E-state index contributed by atoms with van der Waals surface area (Å²) in [5.74, 6) is -0.477. The first-order valence-corrected chi connectivity index (χ1v) is 8.45. The Morgan fingerprint density at radius 3 is 2.38 bits per heavy atom. The highest BCUT2D eigenvalue weighted by Crippen LogP contribution is 2.26. The Labute approximate surface area is 139 Å². The topological polar surface area (TPSA) is 82.0 Å². The number of carbonyl (C=O) groups is 1. The Morgan fingerprint density at radius 2 is 1.71 bits per heavy atom. The van der Waals surface area contributed by atoms with E-state index in [2.05, 4.69) is 9.99 Å². The molecule has 122 valence electrons. The summed E-state index contributed by atoms with van der Waals surface area (Å²) in [4.78, 5) is 16.3. The Morgan fingerprint density at radius 1 is 1.04 bits per heavy atom. The van der Waals surface area contributed by atoms with Crippen LogP contribution in [0, 0.1) is 0 Å². The van der Waals surface area contributed by atoms with Crippen LogP contribution in [0.3, 0.4) is 0 Å². The highest BCUT2D eigenvalue weighted by Gasteiger charge is 2.23. The third-order valence-electron chi connectivity index (χ3n) is 3.33. The molecule has 0 N–H and O–H groups in total. The van der Waals surface area contributed by atoms with E-state index in [1.807, 2.05) is 0 Å². The molecule has 7 heteroatoms.